The molecule has 0 bridgehead atoms. The summed E-state index contributed by atoms with van der Waals surface area (Å²) >= 11 is 2.65. The van der Waals surface area contributed by atoms with Crippen LogP contribution in [-0.4, -0.2) is 29.3 Å². The Morgan fingerprint density at radius 3 is 2.35 bits per heavy atom. The Morgan fingerprint density at radius 2 is 1.88 bits per heavy atom. The average Bonchev–Trinajstić information content (AvgIpc) is 2.58. The van der Waals surface area contributed by atoms with Crippen molar-refractivity contribution >= 4 is 40.7 Å². The highest BCUT2D eigenvalue weighted by Crippen LogP contribution is 2.31. The zero-order valence-electron chi connectivity index (χ0n) is 9.47. The minimum absolute atomic E-state index is 0.220. The number of likely N-dealkylation sites (N-methyl/N-ethyl adjacent to an activating group) is 1. The molecular weight excluding hydrogens is 254 g/mol. The normalized spacial score (nSPS) is 18.2. The van der Waals surface area contributed by atoms with E-state index in [4.69, 9.17) is 0 Å². The molecular formula is C12H11NO2S2. The van der Waals surface area contributed by atoms with Crippen molar-refractivity contribution in [2.75, 3.05) is 13.3 Å². The van der Waals surface area contributed by atoms with Gasteiger partial charge in [0.25, 0.3) is 11.1 Å². The second-order valence-electron chi connectivity index (χ2n) is 3.51. The molecule has 1 fully saturated rings. The van der Waals surface area contributed by atoms with Gasteiger partial charge in [0.15, 0.2) is 0 Å². The summed E-state index contributed by atoms with van der Waals surface area (Å²) in [7, 11) is 1.50. The van der Waals surface area contributed by atoms with Gasteiger partial charge in [0.1, 0.15) is 0 Å². The predicted octanol–water partition coefficient (Wildman–Crippen LogP) is 3.07. The minimum atomic E-state index is -0.228. The van der Waals surface area contributed by atoms with Gasteiger partial charge in [0.05, 0.1) is 4.91 Å². The van der Waals surface area contributed by atoms with E-state index < -0.39 is 0 Å². The molecule has 5 heteroatoms. The van der Waals surface area contributed by atoms with Gasteiger partial charge in [-0.3, -0.25) is 14.5 Å². The molecule has 2 amide bonds. The maximum atomic E-state index is 11.7. The number of imide groups is 1. The number of carbonyl (C=O) groups is 2. The monoisotopic (exact) mass is 265 g/mol. The van der Waals surface area contributed by atoms with E-state index in [9.17, 15) is 9.59 Å². The maximum Gasteiger partial charge on any atom is 0.293 e. The van der Waals surface area contributed by atoms with E-state index in [2.05, 4.69) is 0 Å². The van der Waals surface area contributed by atoms with Crippen molar-refractivity contribution < 1.29 is 9.59 Å². The fraction of sp³-hybridized carbons (Fsp3) is 0.167. The van der Waals surface area contributed by atoms with Gasteiger partial charge >= 0.3 is 0 Å². The molecule has 0 radical (unpaired) electrons. The molecule has 0 N–H and O–H groups in total. The van der Waals surface area contributed by atoms with Crippen LogP contribution in [0.4, 0.5) is 4.79 Å². The van der Waals surface area contributed by atoms with Crippen LogP contribution in [0.5, 0.6) is 0 Å². The van der Waals surface area contributed by atoms with Crippen LogP contribution < -0.4 is 0 Å². The molecule has 1 aliphatic rings. The van der Waals surface area contributed by atoms with Crippen LogP contribution in [0.1, 0.15) is 5.56 Å². The smallest absolute Gasteiger partial charge is 0.272 e. The van der Waals surface area contributed by atoms with Crippen molar-refractivity contribution in [1.82, 2.24) is 4.90 Å². The van der Waals surface area contributed by atoms with E-state index in [0.717, 1.165) is 22.2 Å². The van der Waals surface area contributed by atoms with E-state index in [0.29, 0.717) is 4.91 Å². The maximum absolute atomic E-state index is 11.7. The molecule has 0 saturated carbocycles. The molecule has 0 atom stereocenters. The van der Waals surface area contributed by atoms with Crippen LogP contribution >= 0.6 is 23.5 Å². The third-order valence-electron chi connectivity index (χ3n) is 2.40. The summed E-state index contributed by atoms with van der Waals surface area (Å²) in [4.78, 5) is 25.7. The molecule has 0 spiro atoms. The van der Waals surface area contributed by atoms with Crippen LogP contribution in [0.3, 0.4) is 0 Å². The molecule has 1 saturated heterocycles. The Balaban J connectivity index is 2.24. The van der Waals surface area contributed by atoms with Crippen LogP contribution in [0.25, 0.3) is 6.08 Å². The predicted molar refractivity (Wildman–Crippen MR) is 72.0 cm³/mol. The molecule has 1 aromatic rings. The quantitative estimate of drug-likeness (QED) is 0.608. The van der Waals surface area contributed by atoms with Gasteiger partial charge in [-0.1, -0.05) is 12.1 Å². The highest BCUT2D eigenvalue weighted by atomic mass is 32.2. The van der Waals surface area contributed by atoms with Crippen molar-refractivity contribution in [3.63, 3.8) is 0 Å². The van der Waals surface area contributed by atoms with Crippen molar-refractivity contribution in [3.8, 4) is 0 Å². The first-order valence-electron chi connectivity index (χ1n) is 4.97. The fourth-order valence-corrected chi connectivity index (χ4v) is 2.63. The van der Waals surface area contributed by atoms with Gasteiger partial charge in [-0.05, 0) is 41.8 Å². The van der Waals surface area contributed by atoms with Crippen molar-refractivity contribution in [2.24, 2.45) is 0 Å². The number of hydrogen-bond donors (Lipinski definition) is 0. The summed E-state index contributed by atoms with van der Waals surface area (Å²) in [6.07, 6.45) is 3.76. The van der Waals surface area contributed by atoms with Gasteiger partial charge < -0.3 is 0 Å². The molecule has 0 unspecified atom stereocenters. The lowest BCUT2D eigenvalue weighted by Gasteiger charge is -2.01. The first-order valence-corrected chi connectivity index (χ1v) is 7.01. The lowest BCUT2D eigenvalue weighted by Crippen LogP contribution is -2.22. The third kappa shape index (κ3) is 2.56. The van der Waals surface area contributed by atoms with E-state index in [-0.39, 0.29) is 11.1 Å². The van der Waals surface area contributed by atoms with Crippen LogP contribution in [0.2, 0.25) is 0 Å². The van der Waals surface area contributed by atoms with Gasteiger partial charge in [-0.2, -0.15) is 0 Å². The SMILES string of the molecule is CSc1ccc(/C=C2/SC(=O)N(C)C2=O)cc1. The first-order chi connectivity index (χ1) is 8.11. The van der Waals surface area contributed by atoms with Gasteiger partial charge in [0, 0.05) is 11.9 Å². The highest BCUT2D eigenvalue weighted by Gasteiger charge is 2.31. The lowest BCUT2D eigenvalue weighted by molar-refractivity contribution is -0.121. The minimum Gasteiger partial charge on any atom is -0.272 e. The van der Waals surface area contributed by atoms with Crippen LogP contribution in [0.15, 0.2) is 34.1 Å². The second kappa shape index (κ2) is 4.98. The summed E-state index contributed by atoms with van der Waals surface area (Å²) in [6, 6.07) is 7.87. The molecule has 1 aromatic carbocycles. The number of benzene rings is 1. The highest BCUT2D eigenvalue weighted by molar-refractivity contribution is 8.18. The van der Waals surface area contributed by atoms with E-state index >= 15 is 0 Å². The summed E-state index contributed by atoms with van der Waals surface area (Å²) in [6.45, 7) is 0. The number of carbonyl (C=O) groups excluding carboxylic acids is 2. The second-order valence-corrected chi connectivity index (χ2v) is 5.39. The van der Waals surface area contributed by atoms with Crippen molar-refractivity contribution in [3.05, 3.63) is 34.7 Å². The first kappa shape index (κ1) is 12.3. The molecule has 2 rings (SSSR count). The molecule has 17 heavy (non-hydrogen) atoms. The summed E-state index contributed by atoms with van der Waals surface area (Å²) in [5, 5.41) is -0.220. The Morgan fingerprint density at radius 1 is 1.24 bits per heavy atom. The molecule has 1 aliphatic heterocycles. The number of thioether (sulfide) groups is 2. The number of nitrogens with zero attached hydrogens (tertiary/aromatic N) is 1. The zero-order valence-corrected chi connectivity index (χ0v) is 11.1. The molecule has 1 heterocycles. The van der Waals surface area contributed by atoms with Crippen LogP contribution in [-0.2, 0) is 4.79 Å². The largest absolute Gasteiger partial charge is 0.293 e. The van der Waals surface area contributed by atoms with Crippen molar-refractivity contribution in [2.45, 2.75) is 4.90 Å². The van der Waals surface area contributed by atoms with E-state index in [1.807, 2.05) is 30.5 Å². The molecule has 88 valence electrons. The number of rotatable bonds is 2. The van der Waals surface area contributed by atoms with Gasteiger partial charge in [-0.25, -0.2) is 0 Å². The molecule has 0 aliphatic carbocycles. The fourth-order valence-electron chi connectivity index (χ4n) is 1.40. The topological polar surface area (TPSA) is 37.4 Å². The molecule has 3 nitrogen and oxygen atoms in total. The Labute approximate surface area is 108 Å². The summed E-state index contributed by atoms with van der Waals surface area (Å²) < 4.78 is 0. The Hall–Kier alpha value is -1.20. The van der Waals surface area contributed by atoms with Crippen molar-refractivity contribution in [1.29, 1.82) is 0 Å². The van der Waals surface area contributed by atoms with Crippen LogP contribution in [0, 0.1) is 0 Å². The summed E-state index contributed by atoms with van der Waals surface area (Å²) in [5.74, 6) is -0.228. The van der Waals surface area contributed by atoms with E-state index in [1.54, 1.807) is 17.8 Å². The number of hydrogen-bond acceptors (Lipinski definition) is 4. The lowest BCUT2D eigenvalue weighted by atomic mass is 10.2. The van der Waals surface area contributed by atoms with Gasteiger partial charge in [0.2, 0.25) is 0 Å². The third-order valence-corrected chi connectivity index (χ3v) is 4.10. The van der Waals surface area contributed by atoms with E-state index in [1.165, 1.54) is 11.9 Å². The Bertz CT molecular complexity index is 494. The van der Waals surface area contributed by atoms with Gasteiger partial charge in [-0.15, -0.1) is 11.8 Å². The number of amides is 2. The zero-order chi connectivity index (χ0) is 12.4. The average molecular weight is 265 g/mol. The summed E-state index contributed by atoms with van der Waals surface area (Å²) in [5.41, 5.74) is 0.932. The molecule has 0 aromatic heterocycles. The standard InChI is InChI=1S/C12H11NO2S2/c1-13-11(14)10(17-12(13)15)7-8-3-5-9(16-2)6-4-8/h3-7H,1-2H3/b10-7+. The Kier molecular flexibility index (Phi) is 3.59.